The van der Waals surface area contributed by atoms with Crippen molar-refractivity contribution in [2.45, 2.75) is 39.2 Å². The van der Waals surface area contributed by atoms with Crippen LogP contribution in [-0.4, -0.2) is 49.7 Å². The van der Waals surface area contributed by atoms with Crippen LogP contribution in [-0.2, 0) is 9.53 Å². The van der Waals surface area contributed by atoms with E-state index >= 15 is 0 Å². The molecule has 4 nitrogen and oxygen atoms in total. The average molecular weight is 228 g/mol. The number of nitrogens with zero attached hydrogens (tertiary/aromatic N) is 1. The third-order valence-corrected chi connectivity index (χ3v) is 2.90. The first kappa shape index (κ1) is 13.5. The molecule has 1 unspecified atom stereocenters. The van der Waals surface area contributed by atoms with E-state index < -0.39 is 0 Å². The van der Waals surface area contributed by atoms with E-state index in [0.29, 0.717) is 0 Å². The van der Waals surface area contributed by atoms with Gasteiger partial charge in [-0.25, -0.2) is 0 Å². The van der Waals surface area contributed by atoms with E-state index in [1.807, 2.05) is 18.7 Å². The third kappa shape index (κ3) is 4.10. The van der Waals surface area contributed by atoms with Crippen molar-refractivity contribution < 1.29 is 9.53 Å². The van der Waals surface area contributed by atoms with Crippen molar-refractivity contribution in [2.75, 3.05) is 32.8 Å². The first-order valence-corrected chi connectivity index (χ1v) is 6.39. The molecule has 0 bridgehead atoms. The zero-order valence-corrected chi connectivity index (χ0v) is 10.5. The van der Waals surface area contributed by atoms with E-state index in [4.69, 9.17) is 4.74 Å². The van der Waals surface area contributed by atoms with Crippen molar-refractivity contribution in [3.05, 3.63) is 0 Å². The maximum Gasteiger partial charge on any atom is 0.239 e. The van der Waals surface area contributed by atoms with Crippen molar-refractivity contribution in [3.8, 4) is 0 Å². The van der Waals surface area contributed by atoms with Crippen LogP contribution in [0.2, 0.25) is 0 Å². The molecular weight excluding hydrogens is 204 g/mol. The Labute approximate surface area is 98.3 Å². The van der Waals surface area contributed by atoms with Gasteiger partial charge in [-0.1, -0.05) is 6.92 Å². The predicted octanol–water partition coefficient (Wildman–Crippen LogP) is 1.01. The van der Waals surface area contributed by atoms with Gasteiger partial charge < -0.3 is 15.0 Å². The lowest BCUT2D eigenvalue weighted by Gasteiger charge is -2.32. The van der Waals surface area contributed by atoms with Gasteiger partial charge in [0.2, 0.25) is 5.91 Å². The molecular formula is C12H24N2O2. The minimum Gasteiger partial charge on any atom is -0.382 e. The van der Waals surface area contributed by atoms with Crippen LogP contribution in [0.3, 0.4) is 0 Å². The number of likely N-dealkylation sites (N-methyl/N-ethyl adjacent to an activating group) is 1. The second-order valence-corrected chi connectivity index (χ2v) is 4.13. The van der Waals surface area contributed by atoms with Crippen molar-refractivity contribution >= 4 is 5.91 Å². The maximum atomic E-state index is 12.0. The standard InChI is InChI=1S/C12H24N2O2/c1-3-13-11-7-5-8-14(12(11)15)9-6-10-16-4-2/h11,13H,3-10H2,1-2H3. The highest BCUT2D eigenvalue weighted by molar-refractivity contribution is 5.82. The molecule has 1 heterocycles. The van der Waals surface area contributed by atoms with Gasteiger partial charge in [-0.15, -0.1) is 0 Å². The lowest BCUT2D eigenvalue weighted by atomic mass is 10.0. The quantitative estimate of drug-likeness (QED) is 0.661. The van der Waals surface area contributed by atoms with Gasteiger partial charge in [0.05, 0.1) is 6.04 Å². The Hall–Kier alpha value is -0.610. The summed E-state index contributed by atoms with van der Waals surface area (Å²) in [7, 11) is 0. The molecule has 1 aliphatic rings. The number of rotatable bonds is 7. The summed E-state index contributed by atoms with van der Waals surface area (Å²) in [4.78, 5) is 14.0. The van der Waals surface area contributed by atoms with E-state index in [1.54, 1.807) is 0 Å². The highest BCUT2D eigenvalue weighted by Crippen LogP contribution is 2.11. The van der Waals surface area contributed by atoms with E-state index in [2.05, 4.69) is 5.32 Å². The summed E-state index contributed by atoms with van der Waals surface area (Å²) in [5.74, 6) is 0.268. The van der Waals surface area contributed by atoms with E-state index in [-0.39, 0.29) is 11.9 Å². The highest BCUT2D eigenvalue weighted by Gasteiger charge is 2.27. The van der Waals surface area contributed by atoms with Gasteiger partial charge in [-0.05, 0) is 32.7 Å². The molecule has 0 radical (unpaired) electrons. The van der Waals surface area contributed by atoms with E-state index in [0.717, 1.165) is 52.1 Å². The molecule has 1 N–H and O–H groups in total. The summed E-state index contributed by atoms with van der Waals surface area (Å²) in [6.45, 7) is 8.16. The lowest BCUT2D eigenvalue weighted by molar-refractivity contribution is -0.136. The SMILES string of the molecule is CCNC1CCCN(CCCOCC)C1=O. The zero-order valence-electron chi connectivity index (χ0n) is 10.5. The summed E-state index contributed by atoms with van der Waals surface area (Å²) in [5, 5.41) is 3.24. The third-order valence-electron chi connectivity index (χ3n) is 2.90. The van der Waals surface area contributed by atoms with Crippen molar-refractivity contribution in [3.63, 3.8) is 0 Å². The summed E-state index contributed by atoms with van der Waals surface area (Å²) in [5.41, 5.74) is 0. The van der Waals surface area contributed by atoms with Crippen LogP contribution in [0.25, 0.3) is 0 Å². The molecule has 0 saturated carbocycles. The molecule has 1 amide bonds. The molecule has 16 heavy (non-hydrogen) atoms. The number of ether oxygens (including phenoxy) is 1. The average Bonchev–Trinajstić information content (AvgIpc) is 2.29. The number of piperidine rings is 1. The fourth-order valence-electron chi connectivity index (χ4n) is 2.10. The summed E-state index contributed by atoms with van der Waals surface area (Å²) < 4.78 is 5.28. The van der Waals surface area contributed by atoms with E-state index in [1.165, 1.54) is 0 Å². The Morgan fingerprint density at radius 2 is 2.31 bits per heavy atom. The van der Waals surface area contributed by atoms with E-state index in [9.17, 15) is 4.79 Å². The number of nitrogens with one attached hydrogen (secondary N) is 1. The largest absolute Gasteiger partial charge is 0.382 e. The highest BCUT2D eigenvalue weighted by atomic mass is 16.5. The van der Waals surface area contributed by atoms with Gasteiger partial charge in [0, 0.05) is 26.3 Å². The molecule has 0 aliphatic carbocycles. The molecule has 1 saturated heterocycles. The van der Waals surface area contributed by atoms with Crippen LogP contribution in [0.1, 0.15) is 33.1 Å². The normalized spacial score (nSPS) is 21.5. The topological polar surface area (TPSA) is 41.6 Å². The Bertz CT molecular complexity index is 207. The van der Waals surface area contributed by atoms with Crippen LogP contribution >= 0.6 is 0 Å². The zero-order chi connectivity index (χ0) is 11.8. The fraction of sp³-hybridized carbons (Fsp3) is 0.917. The molecule has 1 aliphatic heterocycles. The van der Waals surface area contributed by atoms with Gasteiger partial charge in [-0.3, -0.25) is 4.79 Å². The van der Waals surface area contributed by atoms with Crippen molar-refractivity contribution in [1.29, 1.82) is 0 Å². The molecule has 1 atom stereocenters. The summed E-state index contributed by atoms with van der Waals surface area (Å²) in [6.07, 6.45) is 3.03. The predicted molar refractivity (Wildman–Crippen MR) is 64.4 cm³/mol. The van der Waals surface area contributed by atoms with Crippen LogP contribution in [0.5, 0.6) is 0 Å². The van der Waals surface area contributed by atoms with Gasteiger partial charge in [0.1, 0.15) is 0 Å². The molecule has 0 aromatic rings. The van der Waals surface area contributed by atoms with Crippen LogP contribution in [0.4, 0.5) is 0 Å². The molecule has 1 rings (SSSR count). The Morgan fingerprint density at radius 1 is 1.50 bits per heavy atom. The summed E-state index contributed by atoms with van der Waals surface area (Å²) >= 11 is 0. The molecule has 0 aromatic heterocycles. The summed E-state index contributed by atoms with van der Waals surface area (Å²) in [6, 6.07) is 0.0471. The molecule has 0 aromatic carbocycles. The van der Waals surface area contributed by atoms with Gasteiger partial charge >= 0.3 is 0 Å². The minimum atomic E-state index is 0.0471. The van der Waals surface area contributed by atoms with Gasteiger partial charge in [0.15, 0.2) is 0 Å². The number of hydrogen-bond donors (Lipinski definition) is 1. The number of carbonyl (C=O) groups excluding carboxylic acids is 1. The molecule has 4 heteroatoms. The first-order chi connectivity index (χ1) is 7.79. The van der Waals surface area contributed by atoms with Gasteiger partial charge in [0.25, 0.3) is 0 Å². The molecule has 1 fully saturated rings. The lowest BCUT2D eigenvalue weighted by Crippen LogP contribution is -2.50. The van der Waals surface area contributed by atoms with Crippen molar-refractivity contribution in [1.82, 2.24) is 10.2 Å². The number of amides is 1. The number of hydrogen-bond acceptors (Lipinski definition) is 3. The molecule has 0 spiro atoms. The molecule has 94 valence electrons. The second kappa shape index (κ2) is 7.63. The number of likely N-dealkylation sites (tertiary alicyclic amines) is 1. The first-order valence-electron chi connectivity index (χ1n) is 6.39. The Morgan fingerprint density at radius 3 is 3.00 bits per heavy atom. The monoisotopic (exact) mass is 228 g/mol. The Balaban J connectivity index is 2.27. The van der Waals surface area contributed by atoms with Crippen LogP contribution in [0.15, 0.2) is 0 Å². The Kier molecular flexibility index (Phi) is 6.42. The fourth-order valence-corrected chi connectivity index (χ4v) is 2.10. The minimum absolute atomic E-state index is 0.0471. The van der Waals surface area contributed by atoms with Crippen LogP contribution < -0.4 is 5.32 Å². The maximum absolute atomic E-state index is 12.0. The van der Waals surface area contributed by atoms with Gasteiger partial charge in [-0.2, -0.15) is 0 Å². The second-order valence-electron chi connectivity index (χ2n) is 4.13. The van der Waals surface area contributed by atoms with Crippen molar-refractivity contribution in [2.24, 2.45) is 0 Å². The number of carbonyl (C=O) groups is 1. The van der Waals surface area contributed by atoms with Crippen LogP contribution in [0, 0.1) is 0 Å². The smallest absolute Gasteiger partial charge is 0.239 e.